The predicted octanol–water partition coefficient (Wildman–Crippen LogP) is 4.51. The lowest BCUT2D eigenvalue weighted by Crippen LogP contribution is -2.01. The van der Waals surface area contributed by atoms with Gasteiger partial charge in [0.15, 0.2) is 0 Å². The maximum atomic E-state index is 13.6. The van der Waals surface area contributed by atoms with Crippen molar-refractivity contribution in [2.45, 2.75) is 26.8 Å². The SMILES string of the molecule is CCc1ccc(CNc2cc(F)c(C)cc2F)s1. The zero-order valence-corrected chi connectivity index (χ0v) is 11.2. The second-order valence-electron chi connectivity index (χ2n) is 4.16. The van der Waals surface area contributed by atoms with Crippen molar-refractivity contribution in [3.8, 4) is 0 Å². The van der Waals surface area contributed by atoms with Gasteiger partial charge in [0.2, 0.25) is 0 Å². The molecule has 1 aromatic heterocycles. The van der Waals surface area contributed by atoms with Crippen LogP contribution in [0.3, 0.4) is 0 Å². The normalized spacial score (nSPS) is 10.7. The van der Waals surface area contributed by atoms with Crippen molar-refractivity contribution in [1.82, 2.24) is 0 Å². The first-order valence-corrected chi connectivity index (χ1v) is 6.69. The van der Waals surface area contributed by atoms with Gasteiger partial charge in [-0.05, 0) is 37.1 Å². The van der Waals surface area contributed by atoms with E-state index in [1.807, 2.05) is 6.07 Å². The third-order valence-corrected chi connectivity index (χ3v) is 4.00. The van der Waals surface area contributed by atoms with Gasteiger partial charge in [-0.15, -0.1) is 11.3 Å². The molecule has 0 spiro atoms. The summed E-state index contributed by atoms with van der Waals surface area (Å²) in [5.41, 5.74) is 0.534. The zero-order valence-electron chi connectivity index (χ0n) is 10.4. The van der Waals surface area contributed by atoms with Crippen molar-refractivity contribution in [2.24, 2.45) is 0 Å². The summed E-state index contributed by atoms with van der Waals surface area (Å²) < 4.78 is 26.9. The summed E-state index contributed by atoms with van der Waals surface area (Å²) in [6.07, 6.45) is 0.998. The number of aryl methyl sites for hydroxylation is 2. The highest BCUT2D eigenvalue weighted by atomic mass is 32.1. The van der Waals surface area contributed by atoms with Crippen LogP contribution in [0.15, 0.2) is 24.3 Å². The van der Waals surface area contributed by atoms with E-state index in [0.29, 0.717) is 12.1 Å². The molecule has 0 fully saturated rings. The van der Waals surface area contributed by atoms with Gasteiger partial charge in [-0.25, -0.2) is 8.78 Å². The molecule has 1 heterocycles. The molecule has 0 atom stereocenters. The molecule has 96 valence electrons. The minimum Gasteiger partial charge on any atom is -0.378 e. The highest BCUT2D eigenvalue weighted by molar-refractivity contribution is 7.12. The monoisotopic (exact) mass is 267 g/mol. The predicted molar refractivity (Wildman–Crippen MR) is 72.1 cm³/mol. The van der Waals surface area contributed by atoms with Crippen molar-refractivity contribution < 1.29 is 8.78 Å². The van der Waals surface area contributed by atoms with Crippen LogP contribution in [0.1, 0.15) is 22.2 Å². The Labute approximate surface area is 109 Å². The Bertz CT molecular complexity index is 549. The molecule has 0 saturated heterocycles. The molecule has 4 heteroatoms. The van der Waals surface area contributed by atoms with Crippen LogP contribution in [0.25, 0.3) is 0 Å². The lowest BCUT2D eigenvalue weighted by atomic mass is 10.2. The highest BCUT2D eigenvalue weighted by Gasteiger charge is 2.07. The summed E-state index contributed by atoms with van der Waals surface area (Å²) in [4.78, 5) is 2.41. The Morgan fingerprint density at radius 2 is 1.83 bits per heavy atom. The molecular weight excluding hydrogens is 252 g/mol. The third-order valence-electron chi connectivity index (χ3n) is 2.77. The Kier molecular flexibility index (Phi) is 3.97. The topological polar surface area (TPSA) is 12.0 Å². The fraction of sp³-hybridized carbons (Fsp3) is 0.286. The van der Waals surface area contributed by atoms with Crippen LogP contribution in [0.5, 0.6) is 0 Å². The van der Waals surface area contributed by atoms with Crippen molar-refractivity contribution in [1.29, 1.82) is 0 Å². The number of nitrogens with one attached hydrogen (secondary N) is 1. The Morgan fingerprint density at radius 3 is 2.50 bits per heavy atom. The molecule has 0 aliphatic heterocycles. The number of anilines is 1. The van der Waals surface area contributed by atoms with Crippen molar-refractivity contribution >= 4 is 17.0 Å². The van der Waals surface area contributed by atoms with E-state index in [4.69, 9.17) is 0 Å². The summed E-state index contributed by atoms with van der Waals surface area (Å²) in [5.74, 6) is -0.805. The van der Waals surface area contributed by atoms with E-state index in [9.17, 15) is 8.78 Å². The number of hydrogen-bond donors (Lipinski definition) is 1. The van der Waals surface area contributed by atoms with Crippen LogP contribution in [-0.4, -0.2) is 0 Å². The van der Waals surface area contributed by atoms with Gasteiger partial charge in [-0.1, -0.05) is 6.92 Å². The molecule has 2 aromatic rings. The molecule has 1 nitrogen and oxygen atoms in total. The van der Waals surface area contributed by atoms with Crippen LogP contribution in [0.2, 0.25) is 0 Å². The Balaban J connectivity index is 2.08. The Morgan fingerprint density at radius 1 is 1.11 bits per heavy atom. The lowest BCUT2D eigenvalue weighted by molar-refractivity contribution is 0.594. The fourth-order valence-corrected chi connectivity index (χ4v) is 2.57. The van der Waals surface area contributed by atoms with E-state index in [1.165, 1.54) is 17.0 Å². The first-order valence-electron chi connectivity index (χ1n) is 5.87. The molecule has 1 aromatic carbocycles. The van der Waals surface area contributed by atoms with Crippen molar-refractivity contribution in [2.75, 3.05) is 5.32 Å². The molecule has 0 unspecified atom stereocenters. The fourth-order valence-electron chi connectivity index (χ4n) is 1.67. The van der Waals surface area contributed by atoms with Crippen molar-refractivity contribution in [3.05, 3.63) is 51.2 Å². The Hall–Kier alpha value is -1.42. The maximum absolute atomic E-state index is 13.6. The van der Waals surface area contributed by atoms with Gasteiger partial charge in [0.25, 0.3) is 0 Å². The molecular formula is C14H15F2NS. The lowest BCUT2D eigenvalue weighted by Gasteiger charge is -2.07. The third kappa shape index (κ3) is 2.88. The summed E-state index contributed by atoms with van der Waals surface area (Å²) >= 11 is 1.69. The summed E-state index contributed by atoms with van der Waals surface area (Å²) in [5, 5.41) is 2.93. The molecule has 1 N–H and O–H groups in total. The van der Waals surface area contributed by atoms with Crippen molar-refractivity contribution in [3.63, 3.8) is 0 Å². The highest BCUT2D eigenvalue weighted by Crippen LogP contribution is 2.22. The molecule has 0 radical (unpaired) electrons. The van der Waals surface area contributed by atoms with E-state index < -0.39 is 5.82 Å². The average molecular weight is 267 g/mol. The quantitative estimate of drug-likeness (QED) is 0.859. The first-order chi connectivity index (χ1) is 8.60. The van der Waals surface area contributed by atoms with E-state index in [0.717, 1.165) is 11.3 Å². The second-order valence-corrected chi connectivity index (χ2v) is 5.41. The van der Waals surface area contributed by atoms with E-state index >= 15 is 0 Å². The van der Waals surface area contributed by atoms with Gasteiger partial charge in [0, 0.05) is 22.4 Å². The minimum atomic E-state index is -0.416. The molecule has 2 rings (SSSR count). The molecule has 18 heavy (non-hydrogen) atoms. The van der Waals surface area contributed by atoms with Gasteiger partial charge >= 0.3 is 0 Å². The number of halogens is 2. The van der Waals surface area contributed by atoms with Gasteiger partial charge < -0.3 is 5.32 Å². The second kappa shape index (κ2) is 5.48. The zero-order chi connectivity index (χ0) is 13.1. The van der Waals surface area contributed by atoms with Gasteiger partial charge in [0.1, 0.15) is 11.6 Å². The number of thiophene rings is 1. The number of benzene rings is 1. The van der Waals surface area contributed by atoms with E-state index in [2.05, 4.69) is 18.3 Å². The van der Waals surface area contributed by atoms with Crippen LogP contribution in [0, 0.1) is 18.6 Å². The van der Waals surface area contributed by atoms with E-state index in [-0.39, 0.29) is 11.5 Å². The first kappa shape index (κ1) is 13.0. The smallest absolute Gasteiger partial charge is 0.146 e. The summed E-state index contributed by atoms with van der Waals surface area (Å²) in [6.45, 7) is 4.16. The van der Waals surface area contributed by atoms with Crippen LogP contribution in [-0.2, 0) is 13.0 Å². The minimum absolute atomic E-state index is 0.213. The van der Waals surface area contributed by atoms with Gasteiger partial charge in [-0.3, -0.25) is 0 Å². The number of rotatable bonds is 4. The number of hydrogen-bond acceptors (Lipinski definition) is 2. The van der Waals surface area contributed by atoms with Gasteiger partial charge in [0.05, 0.1) is 5.69 Å². The van der Waals surface area contributed by atoms with Crippen LogP contribution < -0.4 is 5.32 Å². The summed E-state index contributed by atoms with van der Waals surface area (Å²) in [6, 6.07) is 6.50. The van der Waals surface area contributed by atoms with Crippen LogP contribution in [0.4, 0.5) is 14.5 Å². The standard InChI is InChI=1S/C14H15F2NS/c1-3-10-4-5-11(18-10)8-17-14-7-12(15)9(2)6-13(14)16/h4-7,17H,3,8H2,1-2H3. The van der Waals surface area contributed by atoms with Crippen LogP contribution >= 0.6 is 11.3 Å². The average Bonchev–Trinajstić information content (AvgIpc) is 2.80. The molecule has 0 saturated carbocycles. The van der Waals surface area contributed by atoms with E-state index in [1.54, 1.807) is 18.3 Å². The van der Waals surface area contributed by atoms with Gasteiger partial charge in [-0.2, -0.15) is 0 Å². The largest absolute Gasteiger partial charge is 0.378 e. The molecule has 0 amide bonds. The molecule has 0 aliphatic carbocycles. The maximum Gasteiger partial charge on any atom is 0.146 e. The molecule has 0 bridgehead atoms. The molecule has 0 aliphatic rings. The summed E-state index contributed by atoms with van der Waals surface area (Å²) in [7, 11) is 0.